The number of hydrogen-bond donors (Lipinski definition) is 0. The molecule has 1 aliphatic heterocycles. The highest BCUT2D eigenvalue weighted by molar-refractivity contribution is 6.96. The van der Waals surface area contributed by atoms with Gasteiger partial charge in [-0.1, -0.05) is 116 Å². The zero-order valence-corrected chi connectivity index (χ0v) is 26.7. The Labute approximate surface area is 245 Å². The molecule has 0 fully saturated rings. The number of pyridine rings is 1. The standard InChI is InChI=1S/C38H41N2Si/c1-24(2)30-20-15-21-31-33-26(5)22-23-32-34(33)37-35(27(6)39(25(3)4)40(37)36(30)31)38(41(32,7)8,28-16-11-9-12-17-28)29-18-13-10-14-19-29/h9-25H,1-8H3/q+1. The first kappa shape index (κ1) is 26.2. The van der Waals surface area contributed by atoms with Crippen molar-refractivity contribution < 1.29 is 4.52 Å². The van der Waals surface area contributed by atoms with Crippen LogP contribution in [0.4, 0.5) is 0 Å². The molecule has 6 aromatic rings. The summed E-state index contributed by atoms with van der Waals surface area (Å²) >= 11 is 0. The molecule has 0 N–H and O–H groups in total. The summed E-state index contributed by atoms with van der Waals surface area (Å²) in [6.07, 6.45) is 0. The van der Waals surface area contributed by atoms with Gasteiger partial charge in [-0.15, -0.1) is 4.68 Å². The molecule has 0 bridgehead atoms. The third kappa shape index (κ3) is 3.16. The minimum Gasteiger partial charge on any atom is -0.149 e. The van der Waals surface area contributed by atoms with E-state index in [9.17, 15) is 0 Å². The highest BCUT2D eigenvalue weighted by Crippen LogP contribution is 2.53. The second-order valence-electron chi connectivity index (χ2n) is 13.2. The van der Waals surface area contributed by atoms with Crippen LogP contribution in [0.15, 0.2) is 91.0 Å². The molecule has 0 unspecified atom stereocenters. The molecule has 4 aromatic carbocycles. The van der Waals surface area contributed by atoms with Crippen molar-refractivity contribution in [3.63, 3.8) is 0 Å². The van der Waals surface area contributed by atoms with Gasteiger partial charge in [-0.3, -0.25) is 0 Å². The Kier molecular flexibility index (Phi) is 5.69. The fraction of sp³-hybridized carbons (Fsp3) is 0.289. The van der Waals surface area contributed by atoms with Gasteiger partial charge in [0.15, 0.2) is 0 Å². The van der Waals surface area contributed by atoms with Gasteiger partial charge in [-0.25, -0.2) is 0 Å². The Bertz CT molecular complexity index is 1940. The third-order valence-electron chi connectivity index (χ3n) is 10.1. The summed E-state index contributed by atoms with van der Waals surface area (Å²) in [7, 11) is -2.30. The van der Waals surface area contributed by atoms with Crippen molar-refractivity contribution in [1.82, 2.24) is 4.68 Å². The summed E-state index contributed by atoms with van der Waals surface area (Å²) in [5.41, 5.74) is 11.3. The van der Waals surface area contributed by atoms with Crippen molar-refractivity contribution in [1.29, 1.82) is 0 Å². The van der Waals surface area contributed by atoms with E-state index in [1.807, 2.05) is 0 Å². The predicted molar refractivity (Wildman–Crippen MR) is 176 cm³/mol. The molecule has 206 valence electrons. The fourth-order valence-corrected chi connectivity index (χ4v) is 13.0. The molecule has 41 heavy (non-hydrogen) atoms. The molecular formula is C38H41N2Si+. The van der Waals surface area contributed by atoms with Gasteiger partial charge in [-0.2, -0.15) is 0 Å². The van der Waals surface area contributed by atoms with Gasteiger partial charge >= 0.3 is 0 Å². The van der Waals surface area contributed by atoms with Gasteiger partial charge in [0.2, 0.25) is 11.0 Å². The Balaban J connectivity index is 1.90. The molecule has 3 heteroatoms. The molecule has 0 aliphatic carbocycles. The second kappa shape index (κ2) is 8.90. The highest BCUT2D eigenvalue weighted by Gasteiger charge is 2.59. The lowest BCUT2D eigenvalue weighted by Crippen LogP contribution is -2.63. The maximum Gasteiger partial charge on any atom is 0.250 e. The SMILES string of the molecule is Cc1ccc2c3c1c1cccc(C(C)C)c1[n+]1c3c(c(C)n1C(C)C)C(c1ccccc1)(c1ccccc1)[Si]2(C)C. The predicted octanol–water partition coefficient (Wildman–Crippen LogP) is 8.66. The summed E-state index contributed by atoms with van der Waals surface area (Å²) in [5.74, 6) is 0.413. The Hall–Kier alpha value is -3.69. The number of aromatic nitrogens is 2. The highest BCUT2D eigenvalue weighted by atomic mass is 28.3. The van der Waals surface area contributed by atoms with Gasteiger partial charge < -0.3 is 0 Å². The summed E-state index contributed by atoms with van der Waals surface area (Å²) in [4.78, 5) is 0. The van der Waals surface area contributed by atoms with Crippen molar-refractivity contribution in [2.24, 2.45) is 0 Å². The van der Waals surface area contributed by atoms with Crippen molar-refractivity contribution in [2.75, 3.05) is 0 Å². The number of benzene rings is 4. The maximum absolute atomic E-state index is 2.65. The molecule has 2 nitrogen and oxygen atoms in total. The summed E-state index contributed by atoms with van der Waals surface area (Å²) < 4.78 is 5.26. The van der Waals surface area contributed by atoms with Gasteiger partial charge in [0.05, 0.1) is 33.1 Å². The molecule has 7 rings (SSSR count). The molecule has 0 spiro atoms. The number of rotatable bonds is 4. The van der Waals surface area contributed by atoms with Gasteiger partial charge in [0, 0.05) is 10.9 Å². The zero-order valence-electron chi connectivity index (χ0n) is 25.7. The lowest BCUT2D eigenvalue weighted by Gasteiger charge is -2.49. The van der Waals surface area contributed by atoms with Crippen LogP contribution >= 0.6 is 0 Å². The van der Waals surface area contributed by atoms with E-state index in [0.717, 1.165) is 0 Å². The molecule has 0 saturated carbocycles. The van der Waals surface area contributed by atoms with E-state index in [-0.39, 0.29) is 5.04 Å². The minimum atomic E-state index is -2.30. The van der Waals surface area contributed by atoms with Crippen molar-refractivity contribution in [2.45, 2.75) is 71.6 Å². The Morgan fingerprint density at radius 2 is 1.29 bits per heavy atom. The molecule has 0 atom stereocenters. The number of aryl methyl sites for hydroxylation is 1. The van der Waals surface area contributed by atoms with Crippen LogP contribution in [0.3, 0.4) is 0 Å². The number of hydrogen-bond acceptors (Lipinski definition) is 0. The topological polar surface area (TPSA) is 9.03 Å². The number of para-hydroxylation sites is 1. The summed E-state index contributed by atoms with van der Waals surface area (Å²) in [6.45, 7) is 19.3. The summed E-state index contributed by atoms with van der Waals surface area (Å²) in [5, 5.41) is 5.62. The smallest absolute Gasteiger partial charge is 0.149 e. The van der Waals surface area contributed by atoms with Crippen LogP contribution in [0.25, 0.3) is 27.2 Å². The van der Waals surface area contributed by atoms with Crippen LogP contribution < -0.4 is 9.70 Å². The van der Waals surface area contributed by atoms with E-state index < -0.39 is 8.07 Å². The molecule has 0 saturated heterocycles. The fourth-order valence-electron chi connectivity index (χ4n) is 8.52. The second-order valence-corrected chi connectivity index (χ2v) is 17.8. The van der Waals surface area contributed by atoms with Crippen LogP contribution in [-0.2, 0) is 5.04 Å². The van der Waals surface area contributed by atoms with E-state index in [1.165, 1.54) is 60.7 Å². The minimum absolute atomic E-state index is 0.249. The van der Waals surface area contributed by atoms with Crippen LogP contribution in [0, 0.1) is 13.8 Å². The van der Waals surface area contributed by atoms with Crippen LogP contribution in [-0.4, -0.2) is 12.8 Å². The lowest BCUT2D eigenvalue weighted by atomic mass is 9.81. The van der Waals surface area contributed by atoms with Crippen molar-refractivity contribution in [3.05, 3.63) is 125 Å². The number of nitrogens with zero attached hydrogens (tertiary/aromatic N) is 2. The normalized spacial score (nSPS) is 15.7. The Morgan fingerprint density at radius 1 is 0.683 bits per heavy atom. The van der Waals surface area contributed by atoms with E-state index in [2.05, 4.69) is 155 Å². The number of fused-ring (bicyclic) bond motifs is 3. The first-order valence-corrected chi connectivity index (χ1v) is 18.2. The van der Waals surface area contributed by atoms with Crippen molar-refractivity contribution >= 4 is 40.5 Å². The van der Waals surface area contributed by atoms with Crippen molar-refractivity contribution in [3.8, 4) is 0 Å². The van der Waals surface area contributed by atoms with Gasteiger partial charge in [0.25, 0.3) is 0 Å². The lowest BCUT2D eigenvalue weighted by molar-refractivity contribution is -0.586. The molecule has 0 radical (unpaired) electrons. The van der Waals surface area contributed by atoms with Crippen LogP contribution in [0.2, 0.25) is 13.1 Å². The van der Waals surface area contributed by atoms with Gasteiger partial charge in [-0.05, 0) is 61.6 Å². The summed E-state index contributed by atoms with van der Waals surface area (Å²) in [6, 6.07) is 35.0. The Morgan fingerprint density at radius 3 is 1.85 bits per heavy atom. The first-order valence-electron chi connectivity index (χ1n) is 15.2. The molecule has 3 heterocycles. The maximum atomic E-state index is 2.65. The zero-order chi connectivity index (χ0) is 28.8. The average molecular weight is 554 g/mol. The third-order valence-corrected chi connectivity index (χ3v) is 14.5. The quantitative estimate of drug-likeness (QED) is 0.117. The molecule has 1 aliphatic rings. The average Bonchev–Trinajstić information content (AvgIpc) is 3.27. The molecular weight excluding hydrogens is 513 g/mol. The molecule has 2 aromatic heterocycles. The van der Waals surface area contributed by atoms with E-state index in [0.29, 0.717) is 12.0 Å². The molecule has 0 amide bonds. The van der Waals surface area contributed by atoms with Crippen LogP contribution in [0.1, 0.15) is 73.2 Å². The van der Waals surface area contributed by atoms with E-state index in [4.69, 9.17) is 0 Å². The first-order chi connectivity index (χ1) is 19.6. The van der Waals surface area contributed by atoms with E-state index in [1.54, 1.807) is 5.19 Å². The monoisotopic (exact) mass is 553 g/mol. The largest absolute Gasteiger partial charge is 0.250 e. The van der Waals surface area contributed by atoms with E-state index >= 15 is 0 Å². The van der Waals surface area contributed by atoms with Gasteiger partial charge in [0.1, 0.15) is 8.07 Å². The van der Waals surface area contributed by atoms with Crippen LogP contribution in [0.5, 0.6) is 0 Å².